The molecule has 1 aromatic carbocycles. The van der Waals surface area contributed by atoms with E-state index in [0.29, 0.717) is 45.0 Å². The van der Waals surface area contributed by atoms with E-state index in [4.69, 9.17) is 14.6 Å². The largest absolute Gasteiger partial charge is 0.493 e. The van der Waals surface area contributed by atoms with Crippen molar-refractivity contribution in [2.24, 2.45) is 5.92 Å². The van der Waals surface area contributed by atoms with Gasteiger partial charge < -0.3 is 29.7 Å². The number of pyridine rings is 1. The van der Waals surface area contributed by atoms with Crippen LogP contribution in [0.1, 0.15) is 48.9 Å². The van der Waals surface area contributed by atoms with Crippen molar-refractivity contribution >= 4 is 28.7 Å². The normalized spacial score (nSPS) is 20.7. The first kappa shape index (κ1) is 34.6. The van der Waals surface area contributed by atoms with Gasteiger partial charge in [0.15, 0.2) is 17.1 Å². The van der Waals surface area contributed by atoms with Crippen LogP contribution in [0.4, 0.5) is 5.82 Å². The van der Waals surface area contributed by atoms with E-state index in [1.165, 1.54) is 11.1 Å². The Bertz CT molecular complexity index is 1830. The van der Waals surface area contributed by atoms with Crippen LogP contribution in [0, 0.1) is 5.92 Å². The molecule has 0 radical (unpaired) electrons. The summed E-state index contributed by atoms with van der Waals surface area (Å²) >= 11 is 0. The lowest BCUT2D eigenvalue weighted by Gasteiger charge is -2.52. The maximum Gasteiger partial charge on any atom is 0.245 e. The number of hydrogen-bond acceptors (Lipinski definition) is 11. The maximum atomic E-state index is 14.0. The fraction of sp³-hybridized carbons (Fsp3) is 0.514. The molecule has 0 atom stereocenters. The van der Waals surface area contributed by atoms with Crippen LogP contribution >= 0.6 is 0 Å². The van der Waals surface area contributed by atoms with Crippen LogP contribution in [0.25, 0.3) is 11.0 Å². The number of piperazine rings is 1. The number of fused-ring (bicyclic) bond motifs is 3. The van der Waals surface area contributed by atoms with Crippen LogP contribution in [0.15, 0.2) is 49.1 Å². The fourth-order valence-corrected chi connectivity index (χ4v) is 8.30. The van der Waals surface area contributed by atoms with Gasteiger partial charge in [-0.1, -0.05) is 6.07 Å². The van der Waals surface area contributed by atoms with Crippen molar-refractivity contribution in [2.45, 2.75) is 50.6 Å². The molecule has 2 N–H and O–H groups in total. The lowest BCUT2D eigenvalue weighted by atomic mass is 9.68. The number of methoxy groups -OCH3 is 2. The number of amides is 2. The maximum absolute atomic E-state index is 14.0. The molecule has 5 heterocycles. The Morgan fingerprint density at radius 1 is 1.00 bits per heavy atom. The molecule has 2 aliphatic heterocycles. The monoisotopic (exact) mass is 697 g/mol. The second-order valence-electron chi connectivity index (χ2n) is 13.6. The minimum absolute atomic E-state index is 0.0334. The first-order valence-corrected chi connectivity index (χ1v) is 17.9. The van der Waals surface area contributed by atoms with Crippen molar-refractivity contribution in [1.82, 2.24) is 39.8 Å². The van der Waals surface area contributed by atoms with Crippen LogP contribution in [-0.2, 0) is 28.1 Å². The quantitative estimate of drug-likeness (QED) is 0.223. The summed E-state index contributed by atoms with van der Waals surface area (Å²) in [5, 5.41) is 17.4. The number of aliphatic hydroxyl groups excluding tert-OH is 1. The number of aliphatic hydroxyl groups is 1. The lowest BCUT2D eigenvalue weighted by molar-refractivity contribution is -0.138. The molecule has 0 unspecified atom stereocenters. The molecule has 2 fully saturated rings. The van der Waals surface area contributed by atoms with Crippen molar-refractivity contribution in [2.75, 3.05) is 71.5 Å². The number of nitrogens with zero attached hydrogens (tertiary/aromatic N) is 8. The molecule has 7 rings (SSSR count). The van der Waals surface area contributed by atoms with Crippen molar-refractivity contribution in [3.05, 3.63) is 65.9 Å². The molecule has 4 aromatic rings. The Hall–Kier alpha value is -4.82. The molecule has 14 nitrogen and oxygen atoms in total. The van der Waals surface area contributed by atoms with Gasteiger partial charge in [0.2, 0.25) is 11.8 Å². The minimum atomic E-state index is -0.503. The predicted molar refractivity (Wildman–Crippen MR) is 191 cm³/mol. The van der Waals surface area contributed by atoms with Gasteiger partial charge in [0.05, 0.1) is 38.0 Å². The average molecular weight is 698 g/mol. The summed E-state index contributed by atoms with van der Waals surface area (Å²) in [6.07, 6.45) is 10.2. The highest BCUT2D eigenvalue weighted by molar-refractivity contribution is 5.87. The minimum Gasteiger partial charge on any atom is -0.493 e. The molecule has 14 heteroatoms. The Morgan fingerprint density at radius 2 is 1.78 bits per heavy atom. The zero-order chi connectivity index (χ0) is 35.4. The van der Waals surface area contributed by atoms with Gasteiger partial charge in [-0.3, -0.25) is 19.5 Å². The smallest absolute Gasteiger partial charge is 0.245 e. The van der Waals surface area contributed by atoms with Crippen molar-refractivity contribution in [3.63, 3.8) is 0 Å². The van der Waals surface area contributed by atoms with E-state index in [2.05, 4.69) is 47.3 Å². The third kappa shape index (κ3) is 6.94. The third-order valence-electron chi connectivity index (χ3n) is 10.9. The van der Waals surface area contributed by atoms with Crippen molar-refractivity contribution in [1.29, 1.82) is 0 Å². The first-order chi connectivity index (χ1) is 24.9. The van der Waals surface area contributed by atoms with Gasteiger partial charge in [0.1, 0.15) is 18.8 Å². The molecular weight excluding hydrogens is 650 g/mol. The van der Waals surface area contributed by atoms with Crippen molar-refractivity contribution < 1.29 is 24.2 Å². The number of nitrogens with one attached hydrogen (secondary N) is 1. The molecule has 51 heavy (non-hydrogen) atoms. The highest BCUT2D eigenvalue weighted by atomic mass is 16.5. The summed E-state index contributed by atoms with van der Waals surface area (Å²) in [4.78, 5) is 46.1. The van der Waals surface area contributed by atoms with Gasteiger partial charge in [-0.15, -0.1) is 0 Å². The van der Waals surface area contributed by atoms with Crippen LogP contribution < -0.4 is 19.7 Å². The molecule has 0 bridgehead atoms. The number of anilines is 1. The Balaban J connectivity index is 1.01. The number of carbonyl (C=O) groups is 2. The highest BCUT2D eigenvalue weighted by Gasteiger charge is 2.47. The number of ether oxygens (including phenoxy) is 2. The fourth-order valence-electron chi connectivity index (χ4n) is 8.30. The third-order valence-corrected chi connectivity index (χ3v) is 10.9. The first-order valence-electron chi connectivity index (χ1n) is 17.9. The number of aromatic nitrogens is 5. The summed E-state index contributed by atoms with van der Waals surface area (Å²) in [6.45, 7) is 4.88. The Kier molecular flexibility index (Phi) is 10.3. The van der Waals surface area contributed by atoms with E-state index in [1.807, 2.05) is 34.0 Å². The number of benzene rings is 1. The summed E-state index contributed by atoms with van der Waals surface area (Å²) in [7, 11) is 3.33. The van der Waals surface area contributed by atoms with Gasteiger partial charge in [-0.05, 0) is 73.9 Å². The van der Waals surface area contributed by atoms with Crippen LogP contribution in [0.3, 0.4) is 0 Å². The van der Waals surface area contributed by atoms with E-state index in [9.17, 15) is 9.59 Å². The van der Waals surface area contributed by atoms with Crippen LogP contribution in [0.2, 0.25) is 0 Å². The zero-order valence-corrected chi connectivity index (χ0v) is 29.5. The van der Waals surface area contributed by atoms with E-state index in [0.717, 1.165) is 79.9 Å². The lowest BCUT2D eigenvalue weighted by Crippen LogP contribution is -2.55. The van der Waals surface area contributed by atoms with E-state index >= 15 is 0 Å². The van der Waals surface area contributed by atoms with Gasteiger partial charge in [0.25, 0.3) is 0 Å². The van der Waals surface area contributed by atoms with Crippen LogP contribution in [0.5, 0.6) is 11.5 Å². The second kappa shape index (κ2) is 15.2. The summed E-state index contributed by atoms with van der Waals surface area (Å²) in [6, 6.07) is 10.1. The average Bonchev–Trinajstić information content (AvgIpc) is 3.59. The molecule has 270 valence electrons. The standard InChI is InChI=1S/C37H47N9O5/c1-50-31-20-27-9-15-45(14-5-13-39-33(48)24-47)37(30(27)21-32(31)51-2)10-7-26(8-11-37)36(49)44-18-16-43(17-19-44)34-29-22-42-46(35(29)41-25-40-34)23-28-6-3-4-12-38-28/h3-4,6,12,20-22,25-26,47H,5,7-11,13-19,23-24H2,1-2H3,(H,39,48)/t26-,37-. The molecule has 1 saturated heterocycles. The molecule has 3 aliphatic rings. The molecule has 3 aromatic heterocycles. The molecule has 1 saturated carbocycles. The summed E-state index contributed by atoms with van der Waals surface area (Å²) in [5.41, 5.74) is 3.96. The second-order valence-corrected chi connectivity index (χ2v) is 13.6. The SMILES string of the molecule is COc1cc2c(cc1OC)[C@]1(CC[C@@H](C(=O)N3CCN(c4ncnc5c4cnn5Cc4ccccn4)CC3)CC1)N(CCCNC(=O)CO)CC2. The molecule has 2 amide bonds. The van der Waals surface area contributed by atoms with Gasteiger partial charge in [0, 0.05) is 63.5 Å². The van der Waals surface area contributed by atoms with Crippen molar-refractivity contribution in [3.8, 4) is 11.5 Å². The topological polar surface area (TPSA) is 151 Å². The predicted octanol–water partition coefficient (Wildman–Crippen LogP) is 2.38. The Labute approximate surface area is 297 Å². The van der Waals surface area contributed by atoms with Gasteiger partial charge >= 0.3 is 0 Å². The van der Waals surface area contributed by atoms with E-state index in [-0.39, 0.29) is 23.3 Å². The van der Waals surface area contributed by atoms with Gasteiger partial charge in [-0.25, -0.2) is 14.6 Å². The number of rotatable bonds is 11. The Morgan fingerprint density at radius 3 is 2.51 bits per heavy atom. The summed E-state index contributed by atoms with van der Waals surface area (Å²) in [5.74, 6) is 2.14. The molecule has 1 aliphatic carbocycles. The highest BCUT2D eigenvalue weighted by Crippen LogP contribution is 2.50. The van der Waals surface area contributed by atoms with Gasteiger partial charge in [-0.2, -0.15) is 5.10 Å². The molecular formula is C37H47N9O5. The number of hydrogen-bond donors (Lipinski definition) is 2. The zero-order valence-electron chi connectivity index (χ0n) is 29.5. The summed E-state index contributed by atoms with van der Waals surface area (Å²) < 4.78 is 13.2. The van der Waals surface area contributed by atoms with E-state index < -0.39 is 6.61 Å². The van der Waals surface area contributed by atoms with E-state index in [1.54, 1.807) is 26.7 Å². The molecule has 1 spiro atoms. The van der Waals surface area contributed by atoms with Crippen LogP contribution in [-0.4, -0.2) is 118 Å². The number of carbonyl (C=O) groups excluding carboxylic acids is 2.